The molecule has 0 saturated heterocycles. The molecule has 0 radical (unpaired) electrons. The average Bonchev–Trinajstić information content (AvgIpc) is 3.11. The van der Waals surface area contributed by atoms with Gasteiger partial charge in [0.05, 0.1) is 41.7 Å². The van der Waals surface area contributed by atoms with Gasteiger partial charge in [0.2, 0.25) is 0 Å². The van der Waals surface area contributed by atoms with Crippen molar-refractivity contribution in [3.63, 3.8) is 0 Å². The number of alkyl halides is 3. The van der Waals surface area contributed by atoms with Crippen LogP contribution in [-0.2, 0) is 17.3 Å². The highest BCUT2D eigenvalue weighted by molar-refractivity contribution is 7.81. The van der Waals surface area contributed by atoms with Crippen LogP contribution in [0.1, 0.15) is 97.0 Å². The Hall–Kier alpha value is -5.01. The fourth-order valence-corrected chi connectivity index (χ4v) is 6.01. The van der Waals surface area contributed by atoms with Gasteiger partial charge in [-0.1, -0.05) is 68.1 Å². The molecule has 2 aromatic carbocycles. The quantitative estimate of drug-likeness (QED) is 0.0496. The number of ketones is 1. The zero-order chi connectivity index (χ0) is 38.7. The highest BCUT2D eigenvalue weighted by Crippen LogP contribution is 2.38. The number of rotatable bonds is 16. The topological polar surface area (TPSA) is 132 Å². The summed E-state index contributed by atoms with van der Waals surface area (Å²) in [6, 6.07) is 7.37. The summed E-state index contributed by atoms with van der Waals surface area (Å²) in [6.45, 7) is 3.79. The average molecular weight is 755 g/mol. The van der Waals surface area contributed by atoms with Crippen molar-refractivity contribution in [3.8, 4) is 17.4 Å². The van der Waals surface area contributed by atoms with Crippen molar-refractivity contribution in [2.24, 2.45) is 0 Å². The fourth-order valence-electron chi connectivity index (χ4n) is 5.82. The highest BCUT2D eigenvalue weighted by Gasteiger charge is 2.34. The second-order valence-electron chi connectivity index (χ2n) is 12.3. The molecule has 0 bridgehead atoms. The summed E-state index contributed by atoms with van der Waals surface area (Å²) in [6.07, 6.45) is 6.46. The number of thiocarbonyl (C=S) groups is 1. The van der Waals surface area contributed by atoms with E-state index in [1.165, 1.54) is 31.2 Å². The van der Waals surface area contributed by atoms with Gasteiger partial charge in [-0.3, -0.25) is 9.59 Å². The third-order valence-electron chi connectivity index (χ3n) is 8.51. The minimum Gasteiger partial charge on any atom is -0.507 e. The number of phenols is 1. The van der Waals surface area contributed by atoms with Crippen molar-refractivity contribution in [3.05, 3.63) is 109 Å². The van der Waals surface area contributed by atoms with Gasteiger partial charge in [-0.25, -0.2) is 4.79 Å². The van der Waals surface area contributed by atoms with Crippen LogP contribution < -0.4 is 25.5 Å². The van der Waals surface area contributed by atoms with E-state index >= 15 is 0 Å². The number of hydrogen-bond donors (Lipinski definition) is 2. The number of phenolic OH excluding ortho intramolecular Hbond substituents is 1. The molecule has 3 aromatic rings. The molecule has 2 N–H and O–H groups in total. The molecule has 282 valence electrons. The number of fused-ring (bicyclic) bond motifs is 1. The standard InChI is InChI=1S/C40H41F3O9S/c1-4-13-29-32(20-19-28(24(2)44)36(29)46)50-21-11-9-7-5-6-8-10-16-31(35(45)25-14-12-15-26(22-25)40(41,42)43)34-37(47)30-18-17-27(53)23-33(30)51-38(34)52-39(48)49-3/h6,8,10,12,14-16,18-20,22-23,31,35,45-46H,4-5,7,9,11,13,17,21H2,1-3H3/b8-6-,16-10+/t31-,35-/m0/s1. The van der Waals surface area contributed by atoms with Gasteiger partial charge in [-0.05, 0) is 74.9 Å². The van der Waals surface area contributed by atoms with Gasteiger partial charge in [0, 0.05) is 22.8 Å². The maximum atomic E-state index is 13.9. The van der Waals surface area contributed by atoms with Crippen LogP contribution in [-0.4, -0.2) is 40.7 Å². The van der Waals surface area contributed by atoms with Crippen molar-refractivity contribution >= 4 is 41.2 Å². The van der Waals surface area contributed by atoms with Crippen molar-refractivity contribution in [2.75, 3.05) is 13.7 Å². The lowest BCUT2D eigenvalue weighted by atomic mass is 9.88. The van der Waals surface area contributed by atoms with E-state index in [0.717, 1.165) is 51.0 Å². The lowest BCUT2D eigenvalue weighted by Gasteiger charge is -2.22. The first kappa shape index (κ1) is 40.8. The molecule has 0 amide bonds. The van der Waals surface area contributed by atoms with E-state index in [-0.39, 0.29) is 45.3 Å². The van der Waals surface area contributed by atoms with E-state index in [1.807, 2.05) is 13.0 Å². The number of Topliss-reactive ketones (excluding diaryl/α,β-unsaturated/α-hetero) is 1. The molecule has 1 aliphatic carbocycles. The summed E-state index contributed by atoms with van der Waals surface area (Å²) in [4.78, 5) is 38.4. The van der Waals surface area contributed by atoms with Crippen molar-refractivity contribution in [2.45, 2.75) is 77.0 Å². The Morgan fingerprint density at radius 1 is 1.11 bits per heavy atom. The number of carbonyl (C=O) groups excluding carboxylic acids is 2. The van der Waals surface area contributed by atoms with E-state index in [0.29, 0.717) is 35.6 Å². The van der Waals surface area contributed by atoms with Gasteiger partial charge in [-0.2, -0.15) is 13.2 Å². The molecule has 0 aliphatic heterocycles. The van der Waals surface area contributed by atoms with Crippen LogP contribution in [0.2, 0.25) is 0 Å². The Bertz CT molecular complexity index is 2060. The third kappa shape index (κ3) is 10.5. The largest absolute Gasteiger partial charge is 0.516 e. The minimum absolute atomic E-state index is 0.0286. The Morgan fingerprint density at radius 3 is 2.58 bits per heavy atom. The molecule has 1 aromatic heterocycles. The fraction of sp³-hybridized carbons (Fsp3) is 0.350. The van der Waals surface area contributed by atoms with Crippen molar-refractivity contribution < 1.29 is 51.6 Å². The molecule has 0 saturated carbocycles. The van der Waals surface area contributed by atoms with Gasteiger partial charge < -0.3 is 28.8 Å². The second kappa shape index (κ2) is 18.7. The molecule has 2 atom stereocenters. The number of unbranched alkanes of at least 4 members (excludes halogenated alkanes) is 3. The molecule has 0 fully saturated rings. The first-order valence-electron chi connectivity index (χ1n) is 17.1. The molecule has 1 aliphatic rings. The van der Waals surface area contributed by atoms with E-state index < -0.39 is 41.3 Å². The Labute approximate surface area is 309 Å². The van der Waals surface area contributed by atoms with Gasteiger partial charge in [-0.15, -0.1) is 0 Å². The number of benzene rings is 2. The maximum Gasteiger partial charge on any atom is 0.516 e. The summed E-state index contributed by atoms with van der Waals surface area (Å²) >= 11 is 5.23. The smallest absolute Gasteiger partial charge is 0.507 e. The Balaban J connectivity index is 1.52. The molecule has 53 heavy (non-hydrogen) atoms. The minimum atomic E-state index is -4.69. The second-order valence-corrected chi connectivity index (χ2v) is 12.9. The normalized spacial score (nSPS) is 14.0. The Kier molecular flexibility index (Phi) is 14.3. The van der Waals surface area contributed by atoms with Crippen LogP contribution in [0, 0.1) is 0 Å². The van der Waals surface area contributed by atoms with Crippen LogP contribution in [0.5, 0.6) is 17.4 Å². The zero-order valence-corrected chi connectivity index (χ0v) is 30.4. The van der Waals surface area contributed by atoms with E-state index in [4.69, 9.17) is 26.1 Å². The summed E-state index contributed by atoms with van der Waals surface area (Å²) < 4.78 is 62.3. The molecule has 4 rings (SSSR count). The predicted octanol–water partition coefficient (Wildman–Crippen LogP) is 7.57. The summed E-state index contributed by atoms with van der Waals surface area (Å²) in [5.74, 6) is -1.63. The first-order chi connectivity index (χ1) is 25.3. The van der Waals surface area contributed by atoms with Gasteiger partial charge >= 0.3 is 18.3 Å². The van der Waals surface area contributed by atoms with Crippen LogP contribution in [0.15, 0.2) is 69.9 Å². The van der Waals surface area contributed by atoms with Crippen LogP contribution >= 0.6 is 12.2 Å². The molecule has 0 spiro atoms. The van der Waals surface area contributed by atoms with Gasteiger partial charge in [0.15, 0.2) is 11.2 Å². The van der Waals surface area contributed by atoms with Crippen LogP contribution in [0.4, 0.5) is 18.0 Å². The third-order valence-corrected chi connectivity index (χ3v) is 8.79. The van der Waals surface area contributed by atoms with Crippen LogP contribution in [0.3, 0.4) is 0 Å². The molecule has 9 nitrogen and oxygen atoms in total. The lowest BCUT2D eigenvalue weighted by Crippen LogP contribution is -2.44. The zero-order valence-electron chi connectivity index (χ0n) is 29.5. The molecule has 0 unspecified atom stereocenters. The predicted molar refractivity (Wildman–Crippen MR) is 197 cm³/mol. The highest BCUT2D eigenvalue weighted by atomic mass is 32.1. The Morgan fingerprint density at radius 2 is 1.89 bits per heavy atom. The number of aromatic hydroxyl groups is 1. The van der Waals surface area contributed by atoms with Crippen LogP contribution in [0.25, 0.3) is 12.2 Å². The summed E-state index contributed by atoms with van der Waals surface area (Å²) in [7, 11) is 1.05. The van der Waals surface area contributed by atoms with Gasteiger partial charge in [0.1, 0.15) is 16.9 Å². The lowest BCUT2D eigenvalue weighted by molar-refractivity contribution is -0.137. The number of hydrogen-bond acceptors (Lipinski definition) is 10. The number of carbonyl (C=O) groups is 2. The number of aliphatic hydroxyl groups excluding tert-OH is 1. The number of ether oxygens (including phenoxy) is 3. The summed E-state index contributed by atoms with van der Waals surface area (Å²) in [5, 5.41) is 22.2. The number of aliphatic hydroxyl groups is 1. The molecule has 13 heteroatoms. The van der Waals surface area contributed by atoms with E-state index in [2.05, 4.69) is 4.74 Å². The number of allylic oxidation sites excluding steroid dienone is 3. The SMILES string of the molecule is CCCc1c(OCCCCC/C=C\C=C\[C@@H](c2c(OC(=O)OC)oc3c(c2=O)=CCC(=S)C=3)[C@@H](O)c2cccc(C(F)(F)F)c2)ccc(C(C)=O)c1O. The molecular formula is C40H41F3O9S. The van der Waals surface area contributed by atoms with Crippen molar-refractivity contribution in [1.82, 2.24) is 0 Å². The van der Waals surface area contributed by atoms with Gasteiger partial charge in [0.25, 0.3) is 0 Å². The first-order valence-corrected chi connectivity index (χ1v) is 17.5. The monoisotopic (exact) mass is 754 g/mol. The van der Waals surface area contributed by atoms with E-state index in [9.17, 15) is 37.8 Å². The summed E-state index contributed by atoms with van der Waals surface area (Å²) in [5.41, 5.74) is -1.18. The molecular weight excluding hydrogens is 713 g/mol. The maximum absolute atomic E-state index is 13.9. The number of halogens is 3. The number of methoxy groups -OCH3 is 1. The van der Waals surface area contributed by atoms with Crippen molar-refractivity contribution in [1.29, 1.82) is 0 Å². The molecule has 1 heterocycles. The van der Waals surface area contributed by atoms with E-state index in [1.54, 1.807) is 24.3 Å².